The van der Waals surface area contributed by atoms with Crippen LogP contribution in [0.15, 0.2) is 24.5 Å². The van der Waals surface area contributed by atoms with Crippen LogP contribution in [0.3, 0.4) is 0 Å². The fourth-order valence-corrected chi connectivity index (χ4v) is 2.79. The molecule has 4 rings (SSSR count). The van der Waals surface area contributed by atoms with Gasteiger partial charge in [0, 0.05) is 23.0 Å². The number of carbonyl (C=O) groups is 1. The molecule has 0 aliphatic heterocycles. The number of halogens is 1. The molecule has 3 aromatic rings. The van der Waals surface area contributed by atoms with E-state index in [-0.39, 0.29) is 37.0 Å². The number of anilines is 1. The Kier molecular flexibility index (Phi) is 9.03. The van der Waals surface area contributed by atoms with Gasteiger partial charge in [0.05, 0.1) is 24.0 Å². The smallest absolute Gasteiger partial charge is 0.494 e. The minimum atomic E-state index is -0.363. The Bertz CT molecular complexity index is 967. The summed E-state index contributed by atoms with van der Waals surface area (Å²) in [5.41, 5.74) is 4.96. The van der Waals surface area contributed by atoms with E-state index >= 15 is 0 Å². The minimum absolute atomic E-state index is 0. The van der Waals surface area contributed by atoms with Crippen LogP contribution in [0, 0.1) is 56.4 Å². The van der Waals surface area contributed by atoms with Crippen LogP contribution in [-0.4, -0.2) is 33.2 Å². The van der Waals surface area contributed by atoms with E-state index in [0.29, 0.717) is 32.7 Å². The normalized spacial score (nSPS) is 12.3. The Morgan fingerprint density at radius 1 is 1.31 bits per heavy atom. The Hall–Kier alpha value is -1.53. The van der Waals surface area contributed by atoms with Gasteiger partial charge in [0.15, 0.2) is 0 Å². The molecule has 0 spiro atoms. The van der Waals surface area contributed by atoms with Crippen molar-refractivity contribution in [3.8, 4) is 16.9 Å². The van der Waals surface area contributed by atoms with Gasteiger partial charge in [-0.1, -0.05) is 30.0 Å². The van der Waals surface area contributed by atoms with E-state index in [1.165, 1.54) is 32.3 Å². The van der Waals surface area contributed by atoms with E-state index in [1.807, 2.05) is 6.92 Å². The number of aryl methyl sites for hydroxylation is 1. The number of rotatable bonds is 4. The number of hydrogen-bond donors (Lipinski definition) is 1. The maximum atomic E-state index is 12.6. The molecule has 0 radical (unpaired) electrons. The fourth-order valence-electron chi connectivity index (χ4n) is 2.24. The van der Waals surface area contributed by atoms with Crippen molar-refractivity contribution in [2.24, 2.45) is 5.92 Å². The number of nitrogens with one attached hydrogen (secondary N) is 1. The Labute approximate surface area is 202 Å². The van der Waals surface area contributed by atoms with Crippen molar-refractivity contribution in [1.29, 1.82) is 0 Å². The molecule has 0 atom stereocenters. The zero-order valence-electron chi connectivity index (χ0n) is 15.9. The summed E-state index contributed by atoms with van der Waals surface area (Å²) in [5.74, 6) is 0.973. The van der Waals surface area contributed by atoms with Crippen LogP contribution in [0.4, 0.5) is 5.13 Å². The van der Waals surface area contributed by atoms with E-state index in [0.717, 1.165) is 22.9 Å². The summed E-state index contributed by atoms with van der Waals surface area (Å²) < 4.78 is 5.34. The van der Waals surface area contributed by atoms with Crippen molar-refractivity contribution < 1.29 is 40.6 Å². The van der Waals surface area contributed by atoms with Gasteiger partial charge in [0.2, 0.25) is 5.91 Å². The van der Waals surface area contributed by atoms with Crippen LogP contribution < -0.4 is 10.1 Å². The molecule has 0 bridgehead atoms. The first kappa shape index (κ1) is 23.7. The average molecular weight is 654 g/mol. The van der Waals surface area contributed by atoms with Gasteiger partial charge in [0.25, 0.3) is 0 Å². The summed E-state index contributed by atoms with van der Waals surface area (Å²) >= 11 is 7.11. The quantitative estimate of drug-likeness (QED) is 0.335. The van der Waals surface area contributed by atoms with Gasteiger partial charge in [-0.3, -0.25) is 26.2 Å². The predicted octanol–water partition coefficient (Wildman–Crippen LogP) is 4.25. The number of methoxy groups -OCH3 is 1. The monoisotopic (exact) mass is 653 g/mol. The number of aromatic nitrogens is 4. The molecule has 0 unspecified atom stereocenters. The number of hydrogen-bond acceptors (Lipinski definition) is 7. The van der Waals surface area contributed by atoms with E-state index in [4.69, 9.17) is 16.3 Å². The van der Waals surface area contributed by atoms with Crippen molar-refractivity contribution in [3.05, 3.63) is 53.4 Å². The van der Waals surface area contributed by atoms with Crippen LogP contribution in [-0.2, 0) is 0 Å². The van der Waals surface area contributed by atoms with Crippen molar-refractivity contribution in [2.45, 2.75) is 19.8 Å². The molecule has 29 heavy (non-hydrogen) atoms. The van der Waals surface area contributed by atoms with Gasteiger partial charge >= 0.3 is 31.1 Å². The average Bonchev–Trinajstić information content (AvgIpc) is 3.29. The standard InChI is InChI=1S/C15H11ClN5O2S.C4H7.U/c1-8-3-9(10-4-13(16)18-6-12(10)23-2)11(5-17-8)14(22)20-15-21-19-7-24-15;1-4-2-3-4;/h3-6H,1-2H3,(H,20,21,22);4H,1-3H2;/q2*-1;+2. The topological polar surface area (TPSA) is 89.9 Å². The summed E-state index contributed by atoms with van der Waals surface area (Å²) in [6.07, 6.45) is 5.76. The Morgan fingerprint density at radius 3 is 2.62 bits per heavy atom. The van der Waals surface area contributed by atoms with Gasteiger partial charge in [-0.25, -0.2) is 10.1 Å². The van der Waals surface area contributed by atoms with Crippen LogP contribution in [0.2, 0.25) is 5.15 Å². The maximum absolute atomic E-state index is 12.6. The molecule has 1 N–H and O–H groups in total. The second-order valence-electron chi connectivity index (χ2n) is 6.17. The zero-order chi connectivity index (χ0) is 20.1. The molecule has 1 fully saturated rings. The van der Waals surface area contributed by atoms with Crippen LogP contribution in [0.1, 0.15) is 28.9 Å². The Balaban J connectivity index is 0.000000536. The maximum Gasteiger partial charge on any atom is 2.00 e. The summed E-state index contributed by atoms with van der Waals surface area (Å²) in [7, 11) is 1.53. The predicted molar refractivity (Wildman–Crippen MR) is 109 cm³/mol. The summed E-state index contributed by atoms with van der Waals surface area (Å²) in [6, 6.07) is 3.43. The number of carbonyl (C=O) groups excluding carboxylic acids is 1. The molecule has 0 saturated heterocycles. The van der Waals surface area contributed by atoms with E-state index in [2.05, 4.69) is 37.9 Å². The van der Waals surface area contributed by atoms with Crippen molar-refractivity contribution >= 4 is 34.0 Å². The molecule has 1 saturated carbocycles. The van der Waals surface area contributed by atoms with Gasteiger partial charge < -0.3 is 17.0 Å². The molecule has 3 aromatic heterocycles. The molecular weight excluding hydrogens is 636 g/mol. The van der Waals surface area contributed by atoms with Gasteiger partial charge in [-0.15, -0.1) is 0 Å². The molecule has 0 aromatic carbocycles. The number of pyridine rings is 2. The fraction of sp³-hybridized carbons (Fsp3) is 0.263. The molecule has 1 amide bonds. The van der Waals surface area contributed by atoms with Gasteiger partial charge in [0.1, 0.15) is 10.9 Å². The molecule has 3 heterocycles. The van der Waals surface area contributed by atoms with Crippen LogP contribution >= 0.6 is 22.9 Å². The summed E-state index contributed by atoms with van der Waals surface area (Å²) in [6.45, 7) is 5.58. The number of nitrogens with zero attached hydrogens (tertiary/aromatic N) is 4. The van der Waals surface area contributed by atoms with Crippen molar-refractivity contribution in [3.63, 3.8) is 0 Å². The van der Waals surface area contributed by atoms with E-state index in [9.17, 15) is 4.79 Å². The molecule has 1 aliphatic rings. The molecule has 7 nitrogen and oxygen atoms in total. The Morgan fingerprint density at radius 2 is 2.03 bits per heavy atom. The van der Waals surface area contributed by atoms with E-state index < -0.39 is 0 Å². The molecule has 1 aliphatic carbocycles. The first-order chi connectivity index (χ1) is 13.5. The van der Waals surface area contributed by atoms with Crippen LogP contribution in [0.5, 0.6) is 5.75 Å². The van der Waals surface area contributed by atoms with Crippen molar-refractivity contribution in [1.82, 2.24) is 20.2 Å². The summed E-state index contributed by atoms with van der Waals surface area (Å²) in [4.78, 5) is 20.8. The molecule has 10 heteroatoms. The zero-order valence-corrected chi connectivity index (χ0v) is 21.6. The van der Waals surface area contributed by atoms with Gasteiger partial charge in [-0.2, -0.15) is 5.92 Å². The first-order valence-electron chi connectivity index (χ1n) is 8.48. The second-order valence-corrected chi connectivity index (χ2v) is 7.34. The largest absolute Gasteiger partial charge is 2.00 e. The SMILES string of the molecule is COc1cnc(Cl)cc1-c1cc(C)ncc1C(=O)Nc1nn[c-]s1.[CH2-]C1CC1.[U+2]. The number of ether oxygens (including phenoxy) is 1. The molecular formula is C19H18ClN5O2SU. The number of amides is 1. The molecule has 148 valence electrons. The second kappa shape index (κ2) is 11.0. The van der Waals surface area contributed by atoms with Crippen molar-refractivity contribution in [2.75, 3.05) is 12.4 Å². The van der Waals surface area contributed by atoms with E-state index in [1.54, 1.807) is 12.1 Å². The third-order valence-corrected chi connectivity index (χ3v) is 4.63. The summed E-state index contributed by atoms with van der Waals surface area (Å²) in [5, 5.41) is 10.6. The van der Waals surface area contributed by atoms with Crippen LogP contribution in [0.25, 0.3) is 11.1 Å². The third kappa shape index (κ3) is 6.75. The van der Waals surface area contributed by atoms with Gasteiger partial charge in [-0.05, 0) is 19.1 Å². The minimum Gasteiger partial charge on any atom is -0.494 e. The first-order valence-corrected chi connectivity index (χ1v) is 9.68. The third-order valence-electron chi connectivity index (χ3n) is 3.87.